The van der Waals surface area contributed by atoms with E-state index >= 15 is 0 Å². The van der Waals surface area contributed by atoms with Crippen molar-refractivity contribution in [2.24, 2.45) is 0 Å². The lowest BCUT2D eigenvalue weighted by molar-refractivity contribution is 0.662. The van der Waals surface area contributed by atoms with E-state index in [-0.39, 0.29) is 11.1 Å². The molecule has 6 nitrogen and oxygen atoms in total. The van der Waals surface area contributed by atoms with Gasteiger partial charge in [-0.05, 0) is 24.5 Å². The second-order valence-electron chi connectivity index (χ2n) is 5.24. The fourth-order valence-corrected chi connectivity index (χ4v) is 2.52. The standard InChI is InChI=1S/C14H12ClN5O/c15-10-4-2-1-3-9(10)7-20-13-11(18-19-20)14(21)17-12(16-13)8-5-6-8/h1-4,8H,5-7H2,(H,16,17,21). The predicted molar refractivity (Wildman–Crippen MR) is 78.5 cm³/mol. The van der Waals surface area contributed by atoms with E-state index in [1.54, 1.807) is 4.68 Å². The molecule has 21 heavy (non-hydrogen) atoms. The maximum Gasteiger partial charge on any atom is 0.281 e. The van der Waals surface area contributed by atoms with E-state index in [1.807, 2.05) is 24.3 Å². The summed E-state index contributed by atoms with van der Waals surface area (Å²) in [6.07, 6.45) is 2.14. The number of benzene rings is 1. The molecule has 0 saturated heterocycles. The molecule has 0 amide bonds. The molecule has 1 fully saturated rings. The van der Waals surface area contributed by atoms with Gasteiger partial charge in [-0.25, -0.2) is 9.67 Å². The summed E-state index contributed by atoms with van der Waals surface area (Å²) in [5.74, 6) is 1.10. The van der Waals surface area contributed by atoms with E-state index in [0.717, 1.165) is 24.2 Å². The van der Waals surface area contributed by atoms with Crippen LogP contribution in [0.1, 0.15) is 30.1 Å². The highest BCUT2D eigenvalue weighted by Crippen LogP contribution is 2.37. The van der Waals surface area contributed by atoms with Crippen molar-refractivity contribution in [3.63, 3.8) is 0 Å². The highest BCUT2D eigenvalue weighted by molar-refractivity contribution is 6.31. The zero-order valence-electron chi connectivity index (χ0n) is 11.1. The number of hydrogen-bond acceptors (Lipinski definition) is 4. The molecule has 3 aromatic rings. The Bertz CT molecular complexity index is 880. The van der Waals surface area contributed by atoms with Gasteiger partial charge in [0.1, 0.15) is 5.82 Å². The largest absolute Gasteiger partial charge is 0.308 e. The first-order valence-corrected chi connectivity index (χ1v) is 7.17. The molecule has 4 rings (SSSR count). The average molecular weight is 302 g/mol. The van der Waals surface area contributed by atoms with Gasteiger partial charge in [0.05, 0.1) is 6.54 Å². The average Bonchev–Trinajstić information content (AvgIpc) is 3.24. The van der Waals surface area contributed by atoms with Gasteiger partial charge in [0.2, 0.25) is 0 Å². The van der Waals surface area contributed by atoms with Gasteiger partial charge >= 0.3 is 0 Å². The van der Waals surface area contributed by atoms with Crippen LogP contribution in [-0.4, -0.2) is 25.0 Å². The number of rotatable bonds is 3. The third kappa shape index (κ3) is 2.21. The Morgan fingerprint density at radius 1 is 1.33 bits per heavy atom. The van der Waals surface area contributed by atoms with Crippen molar-refractivity contribution in [1.29, 1.82) is 0 Å². The number of aromatic amines is 1. The van der Waals surface area contributed by atoms with E-state index in [9.17, 15) is 4.79 Å². The van der Waals surface area contributed by atoms with Crippen LogP contribution in [0.15, 0.2) is 29.1 Å². The lowest BCUT2D eigenvalue weighted by Crippen LogP contribution is -2.13. The summed E-state index contributed by atoms with van der Waals surface area (Å²) in [7, 11) is 0. The van der Waals surface area contributed by atoms with Gasteiger partial charge in [0, 0.05) is 10.9 Å². The first kappa shape index (κ1) is 12.5. The van der Waals surface area contributed by atoms with Crippen molar-refractivity contribution in [1.82, 2.24) is 25.0 Å². The minimum absolute atomic E-state index is 0.229. The monoisotopic (exact) mass is 301 g/mol. The lowest BCUT2D eigenvalue weighted by Gasteiger charge is -2.04. The van der Waals surface area contributed by atoms with E-state index in [2.05, 4.69) is 20.3 Å². The molecule has 0 spiro atoms. The fourth-order valence-electron chi connectivity index (χ4n) is 2.33. The molecule has 1 aliphatic carbocycles. The molecule has 1 N–H and O–H groups in total. The number of fused-ring (bicyclic) bond motifs is 1. The van der Waals surface area contributed by atoms with E-state index < -0.39 is 0 Å². The van der Waals surface area contributed by atoms with Crippen molar-refractivity contribution in [2.45, 2.75) is 25.3 Å². The smallest absolute Gasteiger partial charge is 0.281 e. The number of nitrogens with one attached hydrogen (secondary N) is 1. The molecular formula is C14H12ClN5O. The molecule has 0 aliphatic heterocycles. The molecule has 0 bridgehead atoms. The Morgan fingerprint density at radius 2 is 2.14 bits per heavy atom. The van der Waals surface area contributed by atoms with Gasteiger partial charge in [0.15, 0.2) is 11.2 Å². The fraction of sp³-hybridized carbons (Fsp3) is 0.286. The van der Waals surface area contributed by atoms with Gasteiger partial charge in [0.25, 0.3) is 5.56 Å². The number of nitrogens with zero attached hydrogens (tertiary/aromatic N) is 4. The normalized spacial score (nSPS) is 14.7. The SMILES string of the molecule is O=c1[nH]c(C2CC2)nc2c1nnn2Cc1ccccc1Cl. The number of halogens is 1. The Kier molecular flexibility index (Phi) is 2.78. The maximum atomic E-state index is 12.0. The lowest BCUT2D eigenvalue weighted by atomic mass is 10.2. The van der Waals surface area contributed by atoms with Crippen LogP contribution in [0.25, 0.3) is 11.2 Å². The van der Waals surface area contributed by atoms with Crippen LogP contribution in [-0.2, 0) is 6.54 Å². The Morgan fingerprint density at radius 3 is 2.90 bits per heavy atom. The molecule has 7 heteroatoms. The summed E-state index contributed by atoms with van der Waals surface area (Å²) in [6.45, 7) is 0.441. The number of hydrogen-bond donors (Lipinski definition) is 1. The van der Waals surface area contributed by atoms with Crippen LogP contribution in [0, 0.1) is 0 Å². The van der Waals surface area contributed by atoms with Crippen molar-refractivity contribution < 1.29 is 0 Å². The summed E-state index contributed by atoms with van der Waals surface area (Å²) < 4.78 is 1.62. The van der Waals surface area contributed by atoms with Crippen LogP contribution >= 0.6 is 11.6 Å². The predicted octanol–water partition coefficient (Wildman–Crippen LogP) is 2.09. The molecule has 1 saturated carbocycles. The Hall–Kier alpha value is -2.21. The molecule has 0 radical (unpaired) electrons. The molecule has 2 aromatic heterocycles. The summed E-state index contributed by atoms with van der Waals surface area (Å²) in [6, 6.07) is 7.53. The highest BCUT2D eigenvalue weighted by atomic mass is 35.5. The second-order valence-corrected chi connectivity index (χ2v) is 5.64. The van der Waals surface area contributed by atoms with E-state index in [1.165, 1.54) is 0 Å². The highest BCUT2D eigenvalue weighted by Gasteiger charge is 2.27. The van der Waals surface area contributed by atoms with Crippen LogP contribution in [0.4, 0.5) is 0 Å². The zero-order chi connectivity index (χ0) is 14.4. The van der Waals surface area contributed by atoms with Crippen LogP contribution in [0.2, 0.25) is 5.02 Å². The third-order valence-corrected chi connectivity index (χ3v) is 4.00. The number of H-pyrrole nitrogens is 1. The van der Waals surface area contributed by atoms with Gasteiger partial charge < -0.3 is 4.98 Å². The number of aromatic nitrogens is 5. The first-order chi connectivity index (χ1) is 10.2. The van der Waals surface area contributed by atoms with Crippen LogP contribution in [0.3, 0.4) is 0 Å². The molecule has 2 heterocycles. The van der Waals surface area contributed by atoms with Gasteiger partial charge in [-0.3, -0.25) is 4.79 Å². The summed E-state index contributed by atoms with van der Waals surface area (Å²) >= 11 is 6.17. The molecule has 0 atom stereocenters. The Labute approximate surface area is 124 Å². The minimum Gasteiger partial charge on any atom is -0.308 e. The maximum absolute atomic E-state index is 12.0. The summed E-state index contributed by atoms with van der Waals surface area (Å²) in [5, 5.41) is 8.63. The summed E-state index contributed by atoms with van der Waals surface area (Å²) in [4.78, 5) is 19.3. The molecule has 1 aromatic carbocycles. The molecule has 106 valence electrons. The Balaban J connectivity index is 1.82. The van der Waals surface area contributed by atoms with Gasteiger partial charge in [-0.15, -0.1) is 5.10 Å². The quantitative estimate of drug-likeness (QED) is 0.803. The van der Waals surface area contributed by atoms with Gasteiger partial charge in [-0.1, -0.05) is 35.0 Å². The van der Waals surface area contributed by atoms with Crippen molar-refractivity contribution >= 4 is 22.8 Å². The van der Waals surface area contributed by atoms with Crippen molar-refractivity contribution in [2.75, 3.05) is 0 Å². The zero-order valence-corrected chi connectivity index (χ0v) is 11.8. The van der Waals surface area contributed by atoms with E-state index in [4.69, 9.17) is 11.6 Å². The van der Waals surface area contributed by atoms with E-state index in [0.29, 0.717) is 23.1 Å². The minimum atomic E-state index is -0.229. The topological polar surface area (TPSA) is 76.5 Å². The first-order valence-electron chi connectivity index (χ1n) is 6.79. The molecular weight excluding hydrogens is 290 g/mol. The summed E-state index contributed by atoms with van der Waals surface area (Å²) in [5.41, 5.74) is 1.47. The van der Waals surface area contributed by atoms with Crippen molar-refractivity contribution in [3.05, 3.63) is 51.0 Å². The second kappa shape index (κ2) is 4.66. The van der Waals surface area contributed by atoms with Crippen LogP contribution < -0.4 is 5.56 Å². The van der Waals surface area contributed by atoms with Gasteiger partial charge in [-0.2, -0.15) is 0 Å². The van der Waals surface area contributed by atoms with Crippen LogP contribution in [0.5, 0.6) is 0 Å². The molecule has 1 aliphatic rings. The van der Waals surface area contributed by atoms with Crippen molar-refractivity contribution in [3.8, 4) is 0 Å². The molecule has 0 unspecified atom stereocenters. The third-order valence-electron chi connectivity index (χ3n) is 3.63.